The standard InChI is InChI=1S/C24H26O4/c1-23(2,3)16-11-13(12-17(21(16)27)24(4,5)6)18-19(25)14-9-7-8-10-15(14)20(26)22(18)28/h7-12,18,27H,1-6H3. The number of phenolic OH excluding ortho intramolecular Hbond substituents is 1. The number of rotatable bonds is 1. The van der Waals surface area contributed by atoms with Gasteiger partial charge in [0, 0.05) is 11.1 Å². The fourth-order valence-corrected chi connectivity index (χ4v) is 3.70. The van der Waals surface area contributed by atoms with Crippen LogP contribution in [-0.2, 0) is 15.6 Å². The minimum absolute atomic E-state index is 0.166. The van der Waals surface area contributed by atoms with E-state index in [-0.39, 0.29) is 22.7 Å². The monoisotopic (exact) mass is 378 g/mol. The third kappa shape index (κ3) is 3.17. The van der Waals surface area contributed by atoms with Gasteiger partial charge in [0.25, 0.3) is 0 Å². The maximum absolute atomic E-state index is 13.1. The summed E-state index contributed by atoms with van der Waals surface area (Å²) in [5.41, 5.74) is 1.42. The summed E-state index contributed by atoms with van der Waals surface area (Å²) in [6.07, 6.45) is 0. The van der Waals surface area contributed by atoms with Crippen LogP contribution in [0.3, 0.4) is 0 Å². The van der Waals surface area contributed by atoms with Gasteiger partial charge in [0.05, 0.1) is 0 Å². The molecule has 4 heteroatoms. The number of aromatic hydroxyl groups is 1. The van der Waals surface area contributed by atoms with Crippen molar-refractivity contribution < 1.29 is 19.5 Å². The molecule has 0 fully saturated rings. The van der Waals surface area contributed by atoms with E-state index in [1.165, 1.54) is 6.07 Å². The first kappa shape index (κ1) is 20.0. The number of fused-ring (bicyclic) bond motifs is 1. The molecule has 1 unspecified atom stereocenters. The zero-order chi connectivity index (χ0) is 21.0. The molecule has 1 aliphatic rings. The first-order valence-electron chi connectivity index (χ1n) is 9.43. The smallest absolute Gasteiger partial charge is 0.230 e. The Bertz CT molecular complexity index is 965. The Kier molecular flexibility index (Phi) is 4.57. The Morgan fingerprint density at radius 1 is 0.750 bits per heavy atom. The Morgan fingerprint density at radius 2 is 1.21 bits per heavy atom. The maximum atomic E-state index is 13.1. The van der Waals surface area contributed by atoms with Crippen molar-refractivity contribution in [3.05, 3.63) is 64.2 Å². The molecule has 4 nitrogen and oxygen atoms in total. The first-order valence-corrected chi connectivity index (χ1v) is 9.43. The van der Waals surface area contributed by atoms with Crippen molar-refractivity contribution in [3.63, 3.8) is 0 Å². The number of benzene rings is 2. The SMILES string of the molecule is CC(C)(C)c1cc(C2C(=O)C(=O)c3ccccc3C2=O)cc(C(C)(C)C)c1O. The van der Waals surface area contributed by atoms with Gasteiger partial charge in [0.1, 0.15) is 11.7 Å². The highest BCUT2D eigenvalue weighted by Gasteiger charge is 2.42. The van der Waals surface area contributed by atoms with Gasteiger partial charge in [-0.1, -0.05) is 77.9 Å². The predicted molar refractivity (Wildman–Crippen MR) is 108 cm³/mol. The second-order valence-corrected chi connectivity index (χ2v) is 9.50. The van der Waals surface area contributed by atoms with Crippen molar-refractivity contribution in [1.82, 2.24) is 0 Å². The summed E-state index contributed by atoms with van der Waals surface area (Å²) in [4.78, 5) is 38.6. The molecule has 1 N–H and O–H groups in total. The molecular weight excluding hydrogens is 352 g/mol. The van der Waals surface area contributed by atoms with E-state index in [1.54, 1.807) is 30.3 Å². The number of Topliss-reactive ketones (excluding diaryl/α,β-unsaturated/α-hetero) is 3. The van der Waals surface area contributed by atoms with Crippen LogP contribution in [0.4, 0.5) is 0 Å². The Labute approximate surface area is 165 Å². The third-order valence-electron chi connectivity index (χ3n) is 5.27. The largest absolute Gasteiger partial charge is 0.507 e. The summed E-state index contributed by atoms with van der Waals surface area (Å²) in [7, 11) is 0. The zero-order valence-corrected chi connectivity index (χ0v) is 17.2. The topological polar surface area (TPSA) is 71.4 Å². The summed E-state index contributed by atoms with van der Waals surface area (Å²) >= 11 is 0. The molecule has 0 saturated carbocycles. The average molecular weight is 378 g/mol. The molecule has 0 bridgehead atoms. The lowest BCUT2D eigenvalue weighted by atomic mass is 9.73. The van der Waals surface area contributed by atoms with Crippen LogP contribution in [0.15, 0.2) is 36.4 Å². The van der Waals surface area contributed by atoms with Crippen molar-refractivity contribution in [2.75, 3.05) is 0 Å². The fourth-order valence-electron chi connectivity index (χ4n) is 3.70. The van der Waals surface area contributed by atoms with Gasteiger partial charge < -0.3 is 5.11 Å². The number of carbonyl (C=O) groups excluding carboxylic acids is 3. The molecule has 0 heterocycles. The fraction of sp³-hybridized carbons (Fsp3) is 0.375. The average Bonchev–Trinajstić information content (AvgIpc) is 2.59. The van der Waals surface area contributed by atoms with E-state index in [4.69, 9.17) is 0 Å². The number of ketones is 3. The summed E-state index contributed by atoms with van der Waals surface area (Å²) in [5, 5.41) is 10.9. The molecule has 0 saturated heterocycles. The van der Waals surface area contributed by atoms with Gasteiger partial charge in [-0.15, -0.1) is 0 Å². The number of hydrogen-bond acceptors (Lipinski definition) is 4. The van der Waals surface area contributed by atoms with Gasteiger partial charge in [-0.05, 0) is 27.5 Å². The quantitative estimate of drug-likeness (QED) is 0.576. The molecule has 0 radical (unpaired) electrons. The van der Waals surface area contributed by atoms with Gasteiger partial charge in [0.15, 0.2) is 5.78 Å². The lowest BCUT2D eigenvalue weighted by Crippen LogP contribution is -2.35. The lowest BCUT2D eigenvalue weighted by molar-refractivity contribution is -0.115. The van der Waals surface area contributed by atoms with Crippen LogP contribution in [0.25, 0.3) is 0 Å². The van der Waals surface area contributed by atoms with E-state index < -0.39 is 28.3 Å². The molecule has 3 rings (SSSR count). The van der Waals surface area contributed by atoms with Crippen LogP contribution in [-0.4, -0.2) is 22.5 Å². The van der Waals surface area contributed by atoms with E-state index in [0.29, 0.717) is 16.7 Å². The summed E-state index contributed by atoms with van der Waals surface area (Å²) in [6.45, 7) is 11.8. The summed E-state index contributed by atoms with van der Waals surface area (Å²) < 4.78 is 0. The Morgan fingerprint density at radius 3 is 1.68 bits per heavy atom. The van der Waals surface area contributed by atoms with Gasteiger partial charge in [0.2, 0.25) is 11.6 Å². The highest BCUT2D eigenvalue weighted by molar-refractivity contribution is 6.53. The summed E-state index contributed by atoms with van der Waals surface area (Å²) in [6, 6.07) is 9.84. The molecule has 0 aliphatic heterocycles. The van der Waals surface area contributed by atoms with Crippen LogP contribution in [0, 0.1) is 0 Å². The van der Waals surface area contributed by atoms with E-state index in [2.05, 4.69) is 0 Å². The van der Waals surface area contributed by atoms with Crippen LogP contribution >= 0.6 is 0 Å². The molecular formula is C24H26O4. The van der Waals surface area contributed by atoms with Gasteiger partial charge in [-0.25, -0.2) is 0 Å². The second-order valence-electron chi connectivity index (χ2n) is 9.50. The van der Waals surface area contributed by atoms with Crippen molar-refractivity contribution in [1.29, 1.82) is 0 Å². The zero-order valence-electron chi connectivity index (χ0n) is 17.2. The normalized spacial score (nSPS) is 17.6. The molecule has 146 valence electrons. The van der Waals surface area contributed by atoms with Crippen LogP contribution in [0.5, 0.6) is 5.75 Å². The molecule has 2 aromatic carbocycles. The van der Waals surface area contributed by atoms with E-state index in [1.807, 2.05) is 41.5 Å². The van der Waals surface area contributed by atoms with Gasteiger partial charge in [-0.2, -0.15) is 0 Å². The van der Waals surface area contributed by atoms with E-state index >= 15 is 0 Å². The molecule has 2 aromatic rings. The van der Waals surface area contributed by atoms with Crippen LogP contribution < -0.4 is 0 Å². The predicted octanol–water partition coefficient (Wildman–Crippen LogP) is 4.72. The van der Waals surface area contributed by atoms with Crippen molar-refractivity contribution in [2.24, 2.45) is 0 Å². The van der Waals surface area contributed by atoms with Gasteiger partial charge >= 0.3 is 0 Å². The highest BCUT2D eigenvalue weighted by Crippen LogP contribution is 2.42. The number of hydrogen-bond donors (Lipinski definition) is 1. The minimum Gasteiger partial charge on any atom is -0.507 e. The van der Waals surface area contributed by atoms with E-state index in [9.17, 15) is 19.5 Å². The minimum atomic E-state index is -1.18. The van der Waals surface area contributed by atoms with Crippen molar-refractivity contribution in [3.8, 4) is 5.75 Å². The maximum Gasteiger partial charge on any atom is 0.230 e. The molecule has 0 amide bonds. The highest BCUT2D eigenvalue weighted by atomic mass is 16.3. The number of phenols is 1. The molecule has 1 aliphatic carbocycles. The summed E-state index contributed by atoms with van der Waals surface area (Å²) in [5.74, 6) is -2.72. The second kappa shape index (κ2) is 6.40. The Hall–Kier alpha value is -2.75. The van der Waals surface area contributed by atoms with Crippen LogP contribution in [0.1, 0.15) is 84.9 Å². The molecule has 0 aromatic heterocycles. The molecule has 28 heavy (non-hydrogen) atoms. The van der Waals surface area contributed by atoms with Crippen LogP contribution in [0.2, 0.25) is 0 Å². The van der Waals surface area contributed by atoms with Crippen molar-refractivity contribution >= 4 is 17.3 Å². The molecule has 0 spiro atoms. The number of carbonyl (C=O) groups is 3. The first-order chi connectivity index (χ1) is 12.8. The third-order valence-corrected chi connectivity index (χ3v) is 5.27. The molecule has 1 atom stereocenters. The van der Waals surface area contributed by atoms with Crippen molar-refractivity contribution in [2.45, 2.75) is 58.3 Å². The lowest BCUT2D eigenvalue weighted by Gasteiger charge is -2.30. The van der Waals surface area contributed by atoms with Gasteiger partial charge in [-0.3, -0.25) is 14.4 Å². The van der Waals surface area contributed by atoms with E-state index in [0.717, 1.165) is 0 Å². The Balaban J connectivity index is 2.28.